The fraction of sp³-hybridized carbons (Fsp3) is 0.500. The van der Waals surface area contributed by atoms with E-state index in [2.05, 4.69) is 5.32 Å². The second-order valence-corrected chi connectivity index (χ2v) is 6.38. The van der Waals surface area contributed by atoms with Crippen molar-refractivity contribution in [3.63, 3.8) is 0 Å². The Kier molecular flexibility index (Phi) is 6.50. The van der Waals surface area contributed by atoms with Gasteiger partial charge in [-0.3, -0.25) is 14.4 Å². The molecule has 1 saturated heterocycles. The van der Waals surface area contributed by atoms with Crippen LogP contribution in [0.25, 0.3) is 0 Å². The molecule has 1 aliphatic rings. The van der Waals surface area contributed by atoms with Gasteiger partial charge in [-0.15, -0.1) is 0 Å². The molecular weight excluding hydrogens is 325 g/mol. The molecule has 1 aliphatic heterocycles. The molecule has 0 saturated carbocycles. The van der Waals surface area contributed by atoms with Crippen molar-refractivity contribution in [2.75, 3.05) is 26.7 Å². The topological polar surface area (TPSA) is 69.7 Å². The number of hydrogen-bond donors (Lipinski definition) is 1. The van der Waals surface area contributed by atoms with Gasteiger partial charge in [-0.1, -0.05) is 18.2 Å². The summed E-state index contributed by atoms with van der Waals surface area (Å²) in [4.78, 5) is 38.7. The zero-order valence-electron chi connectivity index (χ0n) is 14.6. The number of rotatable bonds is 6. The van der Waals surface area contributed by atoms with Crippen LogP contribution in [-0.2, 0) is 20.8 Å². The Morgan fingerprint density at radius 1 is 1.36 bits per heavy atom. The van der Waals surface area contributed by atoms with Crippen LogP contribution in [-0.4, -0.2) is 60.2 Å². The Bertz CT molecular complexity index is 650. The van der Waals surface area contributed by atoms with Gasteiger partial charge in [0.1, 0.15) is 5.82 Å². The largest absolute Gasteiger partial charge is 0.345 e. The molecule has 6 nitrogen and oxygen atoms in total. The van der Waals surface area contributed by atoms with Crippen LogP contribution in [0.15, 0.2) is 24.3 Å². The molecule has 7 heteroatoms. The van der Waals surface area contributed by atoms with E-state index in [-0.39, 0.29) is 17.8 Å². The third-order valence-electron chi connectivity index (χ3n) is 4.28. The fourth-order valence-corrected chi connectivity index (χ4v) is 2.82. The summed E-state index contributed by atoms with van der Waals surface area (Å²) in [5.74, 6) is -1.63. The molecule has 136 valence electrons. The van der Waals surface area contributed by atoms with E-state index in [1.165, 1.54) is 18.0 Å². The van der Waals surface area contributed by atoms with E-state index >= 15 is 0 Å². The third-order valence-corrected chi connectivity index (χ3v) is 4.28. The smallest absolute Gasteiger partial charge is 0.311 e. The molecule has 2 rings (SSSR count). The van der Waals surface area contributed by atoms with E-state index in [0.29, 0.717) is 38.0 Å². The Morgan fingerprint density at radius 3 is 2.72 bits per heavy atom. The lowest BCUT2D eigenvalue weighted by Crippen LogP contribution is -2.47. The van der Waals surface area contributed by atoms with Gasteiger partial charge < -0.3 is 15.1 Å². The first-order valence-corrected chi connectivity index (χ1v) is 8.45. The summed E-state index contributed by atoms with van der Waals surface area (Å²) < 4.78 is 13.6. The van der Waals surface area contributed by atoms with E-state index in [4.69, 9.17) is 0 Å². The summed E-state index contributed by atoms with van der Waals surface area (Å²) >= 11 is 0. The van der Waals surface area contributed by atoms with Crippen molar-refractivity contribution in [1.82, 2.24) is 15.1 Å². The normalized spacial score (nSPS) is 15.2. The minimum atomic E-state index is -0.723. The second-order valence-electron chi connectivity index (χ2n) is 6.38. The van der Waals surface area contributed by atoms with Crippen molar-refractivity contribution in [3.05, 3.63) is 35.6 Å². The molecule has 0 bridgehead atoms. The molecule has 1 N–H and O–H groups in total. The van der Waals surface area contributed by atoms with Crippen molar-refractivity contribution in [2.24, 2.45) is 0 Å². The summed E-state index contributed by atoms with van der Waals surface area (Å²) in [5.41, 5.74) is 0.489. The number of nitrogens with zero attached hydrogens (tertiary/aromatic N) is 2. The molecule has 0 radical (unpaired) electrons. The minimum absolute atomic E-state index is 0.0869. The zero-order valence-corrected chi connectivity index (χ0v) is 14.6. The molecule has 1 heterocycles. The highest BCUT2D eigenvalue weighted by molar-refractivity contribution is 6.35. The number of likely N-dealkylation sites (N-methyl/N-ethyl adjacent to an activating group) is 1. The van der Waals surface area contributed by atoms with Crippen LogP contribution in [0, 0.1) is 5.82 Å². The average molecular weight is 349 g/mol. The summed E-state index contributed by atoms with van der Waals surface area (Å²) in [7, 11) is 1.53. The highest BCUT2D eigenvalue weighted by Gasteiger charge is 2.24. The Balaban J connectivity index is 1.79. The number of likely N-dealkylation sites (tertiary alicyclic amines) is 1. The van der Waals surface area contributed by atoms with Crippen molar-refractivity contribution < 1.29 is 18.8 Å². The number of nitrogens with one attached hydrogen (secondary N) is 1. The van der Waals surface area contributed by atoms with Gasteiger partial charge in [0.05, 0.1) is 0 Å². The van der Waals surface area contributed by atoms with Crippen LogP contribution in [0.5, 0.6) is 0 Å². The van der Waals surface area contributed by atoms with Gasteiger partial charge in [0.25, 0.3) is 0 Å². The highest BCUT2D eigenvalue weighted by atomic mass is 19.1. The zero-order chi connectivity index (χ0) is 18.4. The maximum atomic E-state index is 13.6. The molecule has 0 spiro atoms. The van der Waals surface area contributed by atoms with E-state index in [0.717, 1.165) is 6.42 Å². The monoisotopic (exact) mass is 349 g/mol. The Hall–Kier alpha value is -2.44. The van der Waals surface area contributed by atoms with Gasteiger partial charge >= 0.3 is 11.8 Å². The quantitative estimate of drug-likeness (QED) is 0.778. The number of amides is 3. The number of carbonyl (C=O) groups excluding carboxylic acids is 3. The lowest BCUT2D eigenvalue weighted by Gasteiger charge is -2.22. The van der Waals surface area contributed by atoms with E-state index in [9.17, 15) is 18.8 Å². The standard InChI is InChI=1S/C18H24FN3O3/c1-13(12-14-6-3-4-7-15(14)19)20-17(24)18(25)21(2)10-11-22-9-5-8-16(22)23/h3-4,6-7,13H,5,8-12H2,1-2H3,(H,20,24). The predicted octanol–water partition coefficient (Wildman–Crippen LogP) is 0.954. The SMILES string of the molecule is CC(Cc1ccccc1F)NC(=O)C(=O)N(C)CCN1CCCC1=O. The van der Waals surface area contributed by atoms with Gasteiger partial charge in [0.15, 0.2) is 0 Å². The van der Waals surface area contributed by atoms with Gasteiger partial charge in [-0.25, -0.2) is 4.39 Å². The molecule has 1 atom stereocenters. The number of hydrogen-bond acceptors (Lipinski definition) is 3. The Labute approximate surface area is 147 Å². The Morgan fingerprint density at radius 2 is 2.08 bits per heavy atom. The number of carbonyl (C=O) groups is 3. The average Bonchev–Trinajstić information content (AvgIpc) is 2.99. The van der Waals surface area contributed by atoms with Crippen LogP contribution >= 0.6 is 0 Å². The first kappa shape index (κ1) is 18.9. The van der Waals surface area contributed by atoms with Crippen molar-refractivity contribution in [1.29, 1.82) is 0 Å². The van der Waals surface area contributed by atoms with Gasteiger partial charge in [-0.05, 0) is 31.4 Å². The van der Waals surface area contributed by atoms with Crippen LogP contribution < -0.4 is 5.32 Å². The molecule has 3 amide bonds. The van der Waals surface area contributed by atoms with E-state index in [1.54, 1.807) is 30.0 Å². The number of halogens is 1. The summed E-state index contributed by atoms with van der Waals surface area (Å²) in [6.07, 6.45) is 1.69. The fourth-order valence-electron chi connectivity index (χ4n) is 2.82. The summed E-state index contributed by atoms with van der Waals surface area (Å²) in [5, 5.41) is 2.60. The van der Waals surface area contributed by atoms with Crippen LogP contribution in [0.2, 0.25) is 0 Å². The van der Waals surface area contributed by atoms with Crippen molar-refractivity contribution >= 4 is 17.7 Å². The third kappa shape index (κ3) is 5.27. The van der Waals surface area contributed by atoms with Crippen LogP contribution in [0.1, 0.15) is 25.3 Å². The molecular formula is C18H24FN3O3. The molecule has 1 aromatic carbocycles. The van der Waals surface area contributed by atoms with Crippen molar-refractivity contribution in [2.45, 2.75) is 32.2 Å². The van der Waals surface area contributed by atoms with Gasteiger partial charge in [0.2, 0.25) is 5.91 Å². The molecule has 25 heavy (non-hydrogen) atoms. The summed E-state index contributed by atoms with van der Waals surface area (Å²) in [6, 6.07) is 5.97. The predicted molar refractivity (Wildman–Crippen MR) is 91.2 cm³/mol. The van der Waals surface area contributed by atoms with Gasteiger partial charge in [-0.2, -0.15) is 0 Å². The van der Waals surface area contributed by atoms with E-state index in [1.807, 2.05) is 0 Å². The molecule has 1 unspecified atom stereocenters. The first-order valence-electron chi connectivity index (χ1n) is 8.45. The molecule has 0 aromatic heterocycles. The maximum absolute atomic E-state index is 13.6. The highest BCUT2D eigenvalue weighted by Crippen LogP contribution is 2.10. The van der Waals surface area contributed by atoms with Gasteiger partial charge in [0, 0.05) is 39.1 Å². The number of benzene rings is 1. The van der Waals surface area contributed by atoms with Crippen molar-refractivity contribution in [3.8, 4) is 0 Å². The second kappa shape index (κ2) is 8.60. The molecule has 1 fully saturated rings. The maximum Gasteiger partial charge on any atom is 0.311 e. The minimum Gasteiger partial charge on any atom is -0.345 e. The lowest BCUT2D eigenvalue weighted by atomic mass is 10.1. The van der Waals surface area contributed by atoms with Crippen LogP contribution in [0.4, 0.5) is 4.39 Å². The van der Waals surface area contributed by atoms with Crippen LogP contribution in [0.3, 0.4) is 0 Å². The van der Waals surface area contributed by atoms with E-state index < -0.39 is 11.8 Å². The molecule has 0 aliphatic carbocycles. The summed E-state index contributed by atoms with van der Waals surface area (Å²) in [6.45, 7) is 3.16. The lowest BCUT2D eigenvalue weighted by molar-refractivity contribution is -0.145. The molecule has 1 aromatic rings. The first-order chi connectivity index (χ1) is 11.9.